The van der Waals surface area contributed by atoms with E-state index in [0.717, 1.165) is 11.5 Å². The maximum atomic E-state index is 5.40. The molecule has 17 heavy (non-hydrogen) atoms. The normalized spacial score (nSPS) is 13.0. The maximum absolute atomic E-state index is 5.40. The molecule has 0 bridgehead atoms. The molecule has 2 aromatic rings. The first-order valence-electron chi connectivity index (χ1n) is 5.68. The second-order valence-electron chi connectivity index (χ2n) is 4.45. The van der Waals surface area contributed by atoms with E-state index in [0.29, 0.717) is 17.8 Å². The molecule has 6 heteroatoms. The third-order valence-corrected chi connectivity index (χ3v) is 2.89. The Morgan fingerprint density at radius 3 is 2.76 bits per heavy atom. The van der Waals surface area contributed by atoms with Crippen molar-refractivity contribution in [1.29, 1.82) is 0 Å². The molecule has 0 fully saturated rings. The zero-order chi connectivity index (χ0) is 12.4. The van der Waals surface area contributed by atoms with E-state index in [1.807, 2.05) is 10.6 Å². The van der Waals surface area contributed by atoms with Gasteiger partial charge in [-0.3, -0.25) is 0 Å². The molecule has 0 aliphatic rings. The van der Waals surface area contributed by atoms with Crippen LogP contribution in [0.3, 0.4) is 0 Å². The molecule has 1 unspecified atom stereocenters. The van der Waals surface area contributed by atoms with E-state index in [9.17, 15) is 0 Å². The smallest absolute Gasteiger partial charge is 0.180 e. The first kappa shape index (κ1) is 11.7. The van der Waals surface area contributed by atoms with Crippen molar-refractivity contribution in [3.8, 4) is 0 Å². The van der Waals surface area contributed by atoms with Gasteiger partial charge in [0.05, 0.1) is 6.20 Å². The zero-order valence-electron chi connectivity index (χ0n) is 10.3. The summed E-state index contributed by atoms with van der Waals surface area (Å²) in [4.78, 5) is 8.66. The molecule has 2 heterocycles. The van der Waals surface area contributed by atoms with Crippen LogP contribution in [0.15, 0.2) is 18.6 Å². The second kappa shape index (κ2) is 4.58. The highest BCUT2D eigenvalue weighted by atomic mass is 15.3. The summed E-state index contributed by atoms with van der Waals surface area (Å²) in [5, 5.41) is 3.36. The van der Waals surface area contributed by atoms with Crippen molar-refractivity contribution < 1.29 is 0 Å². The first-order chi connectivity index (χ1) is 8.11. The quantitative estimate of drug-likeness (QED) is 0.551. The van der Waals surface area contributed by atoms with Crippen LogP contribution in [-0.2, 0) is 0 Å². The Kier molecular flexibility index (Phi) is 3.14. The van der Waals surface area contributed by atoms with Crippen LogP contribution in [0.2, 0.25) is 0 Å². The van der Waals surface area contributed by atoms with Gasteiger partial charge in [-0.25, -0.2) is 15.8 Å². The Labute approximate surface area is 100 Å². The van der Waals surface area contributed by atoms with Crippen molar-refractivity contribution in [3.63, 3.8) is 0 Å². The van der Waals surface area contributed by atoms with Gasteiger partial charge in [0.25, 0.3) is 0 Å². The van der Waals surface area contributed by atoms with Gasteiger partial charge >= 0.3 is 0 Å². The molecule has 0 amide bonds. The Hall–Kier alpha value is -1.82. The van der Waals surface area contributed by atoms with Gasteiger partial charge in [0.2, 0.25) is 0 Å². The van der Waals surface area contributed by atoms with Crippen molar-refractivity contribution in [2.24, 2.45) is 11.8 Å². The van der Waals surface area contributed by atoms with Gasteiger partial charge in [0.1, 0.15) is 0 Å². The molecular formula is C11H18N6. The van der Waals surface area contributed by atoms with E-state index in [-0.39, 0.29) is 0 Å². The number of nitrogens with zero attached hydrogens (tertiary/aromatic N) is 3. The fourth-order valence-electron chi connectivity index (χ4n) is 1.48. The van der Waals surface area contributed by atoms with Crippen LogP contribution < -0.4 is 16.6 Å². The minimum atomic E-state index is 0.316. The average Bonchev–Trinajstić information content (AvgIpc) is 2.76. The fraction of sp³-hybridized carbons (Fsp3) is 0.455. The first-order valence-corrected chi connectivity index (χ1v) is 5.68. The predicted octanol–water partition coefficient (Wildman–Crippen LogP) is 1.47. The lowest BCUT2D eigenvalue weighted by molar-refractivity contribution is 0.558. The van der Waals surface area contributed by atoms with Crippen LogP contribution in [0, 0.1) is 5.92 Å². The number of hydrogen-bond donors (Lipinski definition) is 3. The van der Waals surface area contributed by atoms with Gasteiger partial charge < -0.3 is 15.1 Å². The molecule has 0 aliphatic heterocycles. The minimum absolute atomic E-state index is 0.316. The summed E-state index contributed by atoms with van der Waals surface area (Å²) >= 11 is 0. The lowest BCUT2D eigenvalue weighted by Crippen LogP contribution is -2.23. The van der Waals surface area contributed by atoms with Gasteiger partial charge in [-0.05, 0) is 12.8 Å². The zero-order valence-corrected chi connectivity index (χ0v) is 10.3. The Morgan fingerprint density at radius 1 is 1.35 bits per heavy atom. The van der Waals surface area contributed by atoms with Crippen LogP contribution in [0.5, 0.6) is 0 Å². The van der Waals surface area contributed by atoms with E-state index in [1.54, 1.807) is 12.4 Å². The Balaban J connectivity index is 2.40. The minimum Gasteiger partial charge on any atom is -0.364 e. The van der Waals surface area contributed by atoms with Crippen LogP contribution in [0.4, 0.5) is 11.6 Å². The number of nitrogens with two attached hydrogens (primary N) is 1. The summed E-state index contributed by atoms with van der Waals surface area (Å²) in [6.45, 7) is 6.44. The molecule has 4 N–H and O–H groups in total. The van der Waals surface area contributed by atoms with E-state index in [1.165, 1.54) is 0 Å². The molecule has 6 nitrogen and oxygen atoms in total. The van der Waals surface area contributed by atoms with Crippen molar-refractivity contribution >= 4 is 17.3 Å². The molecule has 0 radical (unpaired) electrons. The van der Waals surface area contributed by atoms with Gasteiger partial charge in [0.15, 0.2) is 17.3 Å². The largest absolute Gasteiger partial charge is 0.364 e. The van der Waals surface area contributed by atoms with Gasteiger partial charge in [0, 0.05) is 18.4 Å². The lowest BCUT2D eigenvalue weighted by Gasteiger charge is -2.18. The highest BCUT2D eigenvalue weighted by Crippen LogP contribution is 2.18. The molecule has 2 rings (SSSR count). The molecule has 0 saturated carbocycles. The number of nitrogen functional groups attached to an aromatic ring is 1. The number of aromatic nitrogens is 3. The third-order valence-electron chi connectivity index (χ3n) is 2.89. The van der Waals surface area contributed by atoms with E-state index in [4.69, 9.17) is 5.84 Å². The topological polar surface area (TPSA) is 80.3 Å². The number of rotatable bonds is 4. The van der Waals surface area contributed by atoms with Crippen LogP contribution in [0.1, 0.15) is 20.8 Å². The highest BCUT2D eigenvalue weighted by Gasteiger charge is 2.12. The molecule has 0 aromatic carbocycles. The summed E-state index contributed by atoms with van der Waals surface area (Å²) in [6, 6.07) is 0.316. The van der Waals surface area contributed by atoms with Crippen molar-refractivity contribution in [3.05, 3.63) is 18.6 Å². The molecule has 92 valence electrons. The highest BCUT2D eigenvalue weighted by molar-refractivity contribution is 5.65. The number of anilines is 2. The SMILES string of the molecule is CC(C)C(C)Nc1nc(NN)cn2ccnc12. The Morgan fingerprint density at radius 2 is 2.12 bits per heavy atom. The van der Waals surface area contributed by atoms with Crippen molar-refractivity contribution in [2.75, 3.05) is 10.7 Å². The summed E-state index contributed by atoms with van der Waals surface area (Å²) in [5.74, 6) is 7.26. The average molecular weight is 234 g/mol. The van der Waals surface area contributed by atoms with E-state index >= 15 is 0 Å². The van der Waals surface area contributed by atoms with Gasteiger partial charge in [-0.2, -0.15) is 0 Å². The number of hydrazine groups is 1. The molecule has 0 spiro atoms. The van der Waals surface area contributed by atoms with Crippen molar-refractivity contribution in [2.45, 2.75) is 26.8 Å². The Bertz CT molecular complexity index is 504. The lowest BCUT2D eigenvalue weighted by atomic mass is 10.1. The summed E-state index contributed by atoms with van der Waals surface area (Å²) in [5.41, 5.74) is 3.35. The van der Waals surface area contributed by atoms with E-state index < -0.39 is 0 Å². The summed E-state index contributed by atoms with van der Waals surface area (Å²) < 4.78 is 1.89. The molecule has 1 atom stereocenters. The van der Waals surface area contributed by atoms with Crippen LogP contribution in [0.25, 0.3) is 5.65 Å². The summed E-state index contributed by atoms with van der Waals surface area (Å²) in [6.07, 6.45) is 5.40. The van der Waals surface area contributed by atoms with Crippen molar-refractivity contribution in [1.82, 2.24) is 14.4 Å². The standard InChI is InChI=1S/C11H18N6/c1-7(2)8(3)14-10-11-13-4-5-17(11)6-9(15-10)16-12/h4-8,16H,12H2,1-3H3,(H,14,15). The molecular weight excluding hydrogens is 216 g/mol. The summed E-state index contributed by atoms with van der Waals surface area (Å²) in [7, 11) is 0. The molecule has 2 aromatic heterocycles. The number of nitrogens with one attached hydrogen (secondary N) is 2. The number of fused-ring (bicyclic) bond motifs is 1. The van der Waals surface area contributed by atoms with Gasteiger partial charge in [-0.1, -0.05) is 13.8 Å². The third kappa shape index (κ3) is 2.31. The van der Waals surface area contributed by atoms with Crippen LogP contribution >= 0.6 is 0 Å². The fourth-order valence-corrected chi connectivity index (χ4v) is 1.48. The number of imidazole rings is 1. The van der Waals surface area contributed by atoms with Crippen LogP contribution in [-0.4, -0.2) is 20.4 Å². The number of hydrogen-bond acceptors (Lipinski definition) is 5. The molecule has 0 aliphatic carbocycles. The monoisotopic (exact) mass is 234 g/mol. The second-order valence-corrected chi connectivity index (χ2v) is 4.45. The molecule has 0 saturated heterocycles. The van der Waals surface area contributed by atoms with E-state index in [2.05, 4.69) is 41.5 Å². The predicted molar refractivity (Wildman–Crippen MR) is 68.7 cm³/mol. The van der Waals surface area contributed by atoms with Gasteiger partial charge in [-0.15, -0.1) is 0 Å². The maximum Gasteiger partial charge on any atom is 0.180 e.